The highest BCUT2D eigenvalue weighted by atomic mass is 35.5. The molecule has 0 fully saturated rings. The SMILES string of the molecule is CCC1c2c(c3cc(Cl)ccc3n2C=C(C)c2ccc(F)cc2)CCN1C. The maximum absolute atomic E-state index is 13.3. The maximum atomic E-state index is 13.3. The van der Waals surface area contributed by atoms with Crippen molar-refractivity contribution in [3.8, 4) is 0 Å². The third-order valence-electron chi connectivity index (χ3n) is 5.68. The van der Waals surface area contributed by atoms with Gasteiger partial charge in [-0.3, -0.25) is 4.90 Å². The van der Waals surface area contributed by atoms with Crippen LogP contribution in [-0.4, -0.2) is 23.1 Å². The lowest BCUT2D eigenvalue weighted by Crippen LogP contribution is -2.32. The highest BCUT2D eigenvalue weighted by Gasteiger charge is 2.29. The predicted octanol–water partition coefficient (Wildman–Crippen LogP) is 6.39. The molecule has 140 valence electrons. The number of allylic oxidation sites excluding steroid dienone is 1. The first-order valence-electron chi connectivity index (χ1n) is 9.46. The number of benzene rings is 2. The lowest BCUT2D eigenvalue weighted by atomic mass is 9.96. The van der Waals surface area contributed by atoms with Crippen LogP contribution in [0.3, 0.4) is 0 Å². The van der Waals surface area contributed by atoms with Crippen molar-refractivity contribution in [2.24, 2.45) is 0 Å². The van der Waals surface area contributed by atoms with Crippen molar-refractivity contribution in [3.05, 3.63) is 70.1 Å². The van der Waals surface area contributed by atoms with Crippen LogP contribution in [0, 0.1) is 5.82 Å². The molecule has 1 aromatic heterocycles. The van der Waals surface area contributed by atoms with Crippen LogP contribution in [0.15, 0.2) is 42.5 Å². The summed E-state index contributed by atoms with van der Waals surface area (Å²) >= 11 is 6.32. The number of rotatable bonds is 3. The molecule has 0 spiro atoms. The van der Waals surface area contributed by atoms with Crippen molar-refractivity contribution in [1.82, 2.24) is 9.47 Å². The van der Waals surface area contributed by atoms with Crippen molar-refractivity contribution < 1.29 is 4.39 Å². The van der Waals surface area contributed by atoms with Crippen LogP contribution < -0.4 is 0 Å². The van der Waals surface area contributed by atoms with Crippen molar-refractivity contribution in [1.29, 1.82) is 0 Å². The summed E-state index contributed by atoms with van der Waals surface area (Å²) in [7, 11) is 2.20. The molecule has 1 atom stereocenters. The van der Waals surface area contributed by atoms with Gasteiger partial charge in [-0.05, 0) is 73.8 Å². The Bertz CT molecular complexity index is 1020. The number of hydrogen-bond donors (Lipinski definition) is 0. The standard InChI is InChI=1S/C23H24ClFN2/c1-4-21-23-19(11-12-26(21)3)20-13-17(24)7-10-22(20)27(23)14-15(2)16-5-8-18(25)9-6-16/h5-10,13-14,21H,4,11-12H2,1-3H3. The number of hydrogen-bond acceptors (Lipinski definition) is 1. The fourth-order valence-corrected chi connectivity index (χ4v) is 4.45. The number of likely N-dealkylation sites (N-methyl/N-ethyl adjacent to an activating group) is 1. The second-order valence-electron chi connectivity index (χ2n) is 7.37. The lowest BCUT2D eigenvalue weighted by molar-refractivity contribution is 0.220. The molecule has 4 heteroatoms. The second kappa shape index (κ2) is 7.14. The van der Waals surface area contributed by atoms with Gasteiger partial charge in [0.05, 0.1) is 11.6 Å². The molecule has 27 heavy (non-hydrogen) atoms. The summed E-state index contributed by atoms with van der Waals surface area (Å²) in [6.07, 6.45) is 4.26. The molecule has 0 N–H and O–H groups in total. The molecule has 1 aliphatic rings. The first-order chi connectivity index (χ1) is 13.0. The monoisotopic (exact) mass is 382 g/mol. The third-order valence-corrected chi connectivity index (χ3v) is 5.92. The van der Waals surface area contributed by atoms with Gasteiger partial charge in [0.2, 0.25) is 0 Å². The van der Waals surface area contributed by atoms with Gasteiger partial charge in [-0.15, -0.1) is 0 Å². The van der Waals surface area contributed by atoms with E-state index in [1.165, 1.54) is 34.3 Å². The molecule has 1 unspecified atom stereocenters. The largest absolute Gasteiger partial charge is 0.318 e. The Balaban J connectivity index is 1.95. The van der Waals surface area contributed by atoms with Gasteiger partial charge in [-0.1, -0.05) is 30.7 Å². The Hall–Kier alpha value is -2.10. The van der Waals surface area contributed by atoms with E-state index in [1.54, 1.807) is 0 Å². The molecule has 0 saturated carbocycles. The minimum Gasteiger partial charge on any atom is -0.318 e. The molecule has 2 nitrogen and oxygen atoms in total. The average molecular weight is 383 g/mol. The van der Waals surface area contributed by atoms with E-state index in [1.807, 2.05) is 18.2 Å². The van der Waals surface area contributed by atoms with E-state index in [4.69, 9.17) is 11.6 Å². The maximum Gasteiger partial charge on any atom is 0.123 e. The molecule has 0 amide bonds. The highest BCUT2D eigenvalue weighted by molar-refractivity contribution is 6.31. The normalized spacial score (nSPS) is 18.1. The number of nitrogens with zero attached hydrogens (tertiary/aromatic N) is 2. The fraction of sp³-hybridized carbons (Fsp3) is 0.304. The van der Waals surface area contributed by atoms with Gasteiger partial charge in [0.15, 0.2) is 0 Å². The van der Waals surface area contributed by atoms with Crippen LogP contribution in [-0.2, 0) is 6.42 Å². The topological polar surface area (TPSA) is 8.17 Å². The molecule has 0 radical (unpaired) electrons. The van der Waals surface area contributed by atoms with E-state index in [9.17, 15) is 4.39 Å². The van der Waals surface area contributed by atoms with Crippen LogP contribution in [0.25, 0.3) is 22.7 Å². The summed E-state index contributed by atoms with van der Waals surface area (Å²) < 4.78 is 15.6. The molecule has 2 aromatic carbocycles. The molecular weight excluding hydrogens is 359 g/mol. The average Bonchev–Trinajstić information content (AvgIpc) is 2.95. The van der Waals surface area contributed by atoms with Gasteiger partial charge < -0.3 is 4.57 Å². The van der Waals surface area contributed by atoms with E-state index in [2.05, 4.69) is 48.7 Å². The van der Waals surface area contributed by atoms with Gasteiger partial charge in [0.25, 0.3) is 0 Å². The van der Waals surface area contributed by atoms with Crippen molar-refractivity contribution in [2.75, 3.05) is 13.6 Å². The van der Waals surface area contributed by atoms with E-state index < -0.39 is 0 Å². The zero-order valence-corrected chi connectivity index (χ0v) is 16.7. The Kier molecular flexibility index (Phi) is 4.83. The summed E-state index contributed by atoms with van der Waals surface area (Å²) in [6.45, 7) is 5.37. The zero-order chi connectivity index (χ0) is 19.1. The molecule has 2 heterocycles. The first kappa shape index (κ1) is 18.3. The van der Waals surface area contributed by atoms with Gasteiger partial charge >= 0.3 is 0 Å². The molecule has 0 aliphatic carbocycles. The van der Waals surface area contributed by atoms with Gasteiger partial charge in [-0.2, -0.15) is 0 Å². The molecular formula is C23H24ClFN2. The van der Waals surface area contributed by atoms with Crippen LogP contribution >= 0.6 is 11.6 Å². The minimum absolute atomic E-state index is 0.211. The smallest absolute Gasteiger partial charge is 0.123 e. The predicted molar refractivity (Wildman–Crippen MR) is 113 cm³/mol. The summed E-state index contributed by atoms with van der Waals surface area (Å²) in [5.74, 6) is -0.211. The van der Waals surface area contributed by atoms with Gasteiger partial charge in [-0.25, -0.2) is 4.39 Å². The lowest BCUT2D eigenvalue weighted by Gasteiger charge is -2.33. The number of fused-ring (bicyclic) bond motifs is 3. The van der Waals surface area contributed by atoms with Crippen LogP contribution in [0.4, 0.5) is 4.39 Å². The first-order valence-corrected chi connectivity index (χ1v) is 9.84. The van der Waals surface area contributed by atoms with Crippen molar-refractivity contribution >= 4 is 34.3 Å². The summed E-state index contributed by atoms with van der Waals surface area (Å²) in [5, 5.41) is 2.01. The van der Waals surface area contributed by atoms with E-state index in [0.29, 0.717) is 6.04 Å². The van der Waals surface area contributed by atoms with Crippen LogP contribution in [0.1, 0.15) is 43.1 Å². The quantitative estimate of drug-likeness (QED) is 0.509. The molecule has 3 aromatic rings. The van der Waals surface area contributed by atoms with Crippen molar-refractivity contribution in [3.63, 3.8) is 0 Å². The van der Waals surface area contributed by atoms with E-state index in [-0.39, 0.29) is 5.82 Å². The summed E-state index contributed by atoms with van der Waals surface area (Å²) in [4.78, 5) is 2.43. The van der Waals surface area contributed by atoms with Crippen LogP contribution in [0.5, 0.6) is 0 Å². The fourth-order valence-electron chi connectivity index (χ4n) is 4.28. The van der Waals surface area contributed by atoms with Crippen LogP contribution in [0.2, 0.25) is 5.02 Å². The third kappa shape index (κ3) is 3.19. The molecule has 4 rings (SSSR count). The highest BCUT2D eigenvalue weighted by Crippen LogP contribution is 2.39. The van der Waals surface area contributed by atoms with Crippen molar-refractivity contribution in [2.45, 2.75) is 32.7 Å². The number of halogens is 2. The zero-order valence-electron chi connectivity index (χ0n) is 16.0. The molecule has 0 bridgehead atoms. The Morgan fingerprint density at radius 3 is 2.67 bits per heavy atom. The Morgan fingerprint density at radius 1 is 1.22 bits per heavy atom. The van der Waals surface area contributed by atoms with Gasteiger partial charge in [0.1, 0.15) is 5.82 Å². The summed E-state index contributed by atoms with van der Waals surface area (Å²) in [6, 6.07) is 13.2. The Morgan fingerprint density at radius 2 is 1.96 bits per heavy atom. The molecule has 1 aliphatic heterocycles. The minimum atomic E-state index is -0.211. The van der Waals surface area contributed by atoms with E-state index >= 15 is 0 Å². The summed E-state index contributed by atoms with van der Waals surface area (Å²) in [5.41, 5.74) is 6.07. The van der Waals surface area contributed by atoms with Gasteiger partial charge in [0, 0.05) is 28.8 Å². The molecule has 0 saturated heterocycles. The van der Waals surface area contributed by atoms with E-state index in [0.717, 1.165) is 35.5 Å². The second-order valence-corrected chi connectivity index (χ2v) is 7.81. The Labute approximate surface area is 164 Å². The number of aromatic nitrogens is 1.